The van der Waals surface area contributed by atoms with E-state index in [4.69, 9.17) is 10.00 Å². The topological polar surface area (TPSA) is 50.1 Å². The molecule has 2 rings (SSSR count). The molecule has 0 radical (unpaired) electrons. The van der Waals surface area contributed by atoms with Crippen LogP contribution in [0.1, 0.15) is 40.1 Å². The Bertz CT molecular complexity index is 636. The molecule has 0 bridgehead atoms. The highest BCUT2D eigenvalue weighted by atomic mass is 16.5. The Labute approximate surface area is 118 Å². The third-order valence-electron chi connectivity index (χ3n) is 3.08. The van der Waals surface area contributed by atoms with Crippen molar-refractivity contribution in [3.05, 3.63) is 70.8 Å². The zero-order valence-corrected chi connectivity index (χ0v) is 11.5. The molecule has 0 amide bonds. The fraction of sp³-hybridized carbons (Fsp3) is 0.176. The van der Waals surface area contributed by atoms with E-state index < -0.39 is 0 Å². The molecule has 0 aliphatic heterocycles. The van der Waals surface area contributed by atoms with Gasteiger partial charge in [0.2, 0.25) is 0 Å². The van der Waals surface area contributed by atoms with Crippen LogP contribution in [-0.2, 0) is 4.74 Å². The monoisotopic (exact) mass is 265 g/mol. The first-order valence-corrected chi connectivity index (χ1v) is 6.38. The molecule has 0 aliphatic carbocycles. The summed E-state index contributed by atoms with van der Waals surface area (Å²) < 4.78 is 5.41. The van der Waals surface area contributed by atoms with Crippen LogP contribution in [0.4, 0.5) is 0 Å². The van der Waals surface area contributed by atoms with Gasteiger partial charge in [0.05, 0.1) is 17.2 Å². The molecule has 1 atom stereocenters. The van der Waals surface area contributed by atoms with Crippen LogP contribution < -0.4 is 0 Å². The minimum absolute atomic E-state index is 0.307. The van der Waals surface area contributed by atoms with Crippen molar-refractivity contribution in [2.45, 2.75) is 20.0 Å². The Morgan fingerprint density at radius 2 is 1.70 bits per heavy atom. The molecule has 2 aromatic carbocycles. The largest absolute Gasteiger partial charge is 0.454 e. The van der Waals surface area contributed by atoms with Gasteiger partial charge in [-0.05, 0) is 43.7 Å². The summed E-state index contributed by atoms with van der Waals surface area (Å²) in [7, 11) is 0. The standard InChI is InChI=1S/C17H15NO2/c1-12-3-7-15(8-4-12)13(2)20-17(19)16-9-5-14(11-18)6-10-16/h3-10,13H,1-2H3/t13-/m0/s1. The molecule has 20 heavy (non-hydrogen) atoms. The number of rotatable bonds is 3. The average molecular weight is 265 g/mol. The Hall–Kier alpha value is -2.60. The third-order valence-corrected chi connectivity index (χ3v) is 3.08. The predicted molar refractivity (Wildman–Crippen MR) is 76.2 cm³/mol. The van der Waals surface area contributed by atoms with Crippen molar-refractivity contribution >= 4 is 5.97 Å². The van der Waals surface area contributed by atoms with Gasteiger partial charge in [-0.2, -0.15) is 5.26 Å². The van der Waals surface area contributed by atoms with Crippen LogP contribution in [0.2, 0.25) is 0 Å². The average Bonchev–Trinajstić information content (AvgIpc) is 2.48. The van der Waals surface area contributed by atoms with Gasteiger partial charge in [-0.25, -0.2) is 4.79 Å². The highest BCUT2D eigenvalue weighted by molar-refractivity contribution is 5.89. The van der Waals surface area contributed by atoms with Crippen LogP contribution >= 0.6 is 0 Å². The second-order valence-electron chi connectivity index (χ2n) is 4.65. The summed E-state index contributed by atoms with van der Waals surface area (Å²) >= 11 is 0. The summed E-state index contributed by atoms with van der Waals surface area (Å²) in [6.45, 7) is 3.85. The smallest absolute Gasteiger partial charge is 0.338 e. The molecule has 0 saturated heterocycles. The van der Waals surface area contributed by atoms with E-state index in [9.17, 15) is 4.79 Å². The van der Waals surface area contributed by atoms with Gasteiger partial charge in [-0.1, -0.05) is 29.8 Å². The lowest BCUT2D eigenvalue weighted by Crippen LogP contribution is -2.09. The molecular formula is C17H15NO2. The Morgan fingerprint density at radius 1 is 1.10 bits per heavy atom. The molecule has 0 unspecified atom stereocenters. The normalized spacial score (nSPS) is 11.4. The summed E-state index contributed by atoms with van der Waals surface area (Å²) in [4.78, 5) is 12.0. The van der Waals surface area contributed by atoms with Crippen molar-refractivity contribution in [1.29, 1.82) is 5.26 Å². The molecule has 0 heterocycles. The number of carbonyl (C=O) groups is 1. The Balaban J connectivity index is 2.06. The second-order valence-corrected chi connectivity index (χ2v) is 4.65. The first-order chi connectivity index (χ1) is 9.60. The van der Waals surface area contributed by atoms with E-state index in [0.717, 1.165) is 5.56 Å². The molecular weight excluding hydrogens is 250 g/mol. The molecule has 0 saturated carbocycles. The maximum Gasteiger partial charge on any atom is 0.338 e. The van der Waals surface area contributed by atoms with E-state index in [-0.39, 0.29) is 12.1 Å². The first kappa shape index (κ1) is 13.8. The van der Waals surface area contributed by atoms with E-state index in [1.165, 1.54) is 5.56 Å². The molecule has 3 nitrogen and oxygen atoms in total. The summed E-state index contributed by atoms with van der Waals surface area (Å²) in [5.74, 6) is -0.387. The number of aryl methyl sites for hydroxylation is 1. The lowest BCUT2D eigenvalue weighted by Gasteiger charge is -2.13. The SMILES string of the molecule is Cc1ccc([C@H](C)OC(=O)c2ccc(C#N)cc2)cc1. The summed E-state index contributed by atoms with van der Waals surface area (Å²) in [6, 6.07) is 16.3. The molecule has 2 aromatic rings. The molecule has 0 N–H and O–H groups in total. The highest BCUT2D eigenvalue weighted by Gasteiger charge is 2.13. The first-order valence-electron chi connectivity index (χ1n) is 6.38. The number of carbonyl (C=O) groups excluding carboxylic acids is 1. The molecule has 0 aliphatic rings. The van der Waals surface area contributed by atoms with Crippen molar-refractivity contribution in [2.24, 2.45) is 0 Å². The number of nitriles is 1. The van der Waals surface area contributed by atoms with Crippen LogP contribution in [0.15, 0.2) is 48.5 Å². The predicted octanol–water partition coefficient (Wildman–Crippen LogP) is 3.78. The summed E-state index contributed by atoms with van der Waals surface area (Å²) in [5, 5.41) is 8.72. The van der Waals surface area contributed by atoms with Gasteiger partial charge in [-0.3, -0.25) is 0 Å². The molecule has 100 valence electrons. The number of hydrogen-bond acceptors (Lipinski definition) is 3. The Morgan fingerprint density at radius 3 is 2.25 bits per heavy atom. The van der Waals surface area contributed by atoms with Crippen molar-refractivity contribution in [3.63, 3.8) is 0 Å². The minimum Gasteiger partial charge on any atom is -0.454 e. The number of nitrogens with zero attached hydrogens (tertiary/aromatic N) is 1. The van der Waals surface area contributed by atoms with E-state index in [2.05, 4.69) is 0 Å². The van der Waals surface area contributed by atoms with Gasteiger partial charge < -0.3 is 4.74 Å². The maximum absolute atomic E-state index is 12.0. The summed E-state index contributed by atoms with van der Waals surface area (Å²) in [5.41, 5.74) is 3.09. The fourth-order valence-electron chi connectivity index (χ4n) is 1.81. The quantitative estimate of drug-likeness (QED) is 0.793. The number of benzene rings is 2. The fourth-order valence-corrected chi connectivity index (χ4v) is 1.81. The zero-order chi connectivity index (χ0) is 14.5. The second kappa shape index (κ2) is 6.03. The molecule has 0 fully saturated rings. The highest BCUT2D eigenvalue weighted by Crippen LogP contribution is 2.19. The van der Waals surface area contributed by atoms with Gasteiger partial charge in [0.15, 0.2) is 0 Å². The Kier molecular flexibility index (Phi) is 4.17. The van der Waals surface area contributed by atoms with Crippen LogP contribution in [0, 0.1) is 18.3 Å². The number of ether oxygens (including phenoxy) is 1. The number of hydrogen-bond donors (Lipinski definition) is 0. The maximum atomic E-state index is 12.0. The van der Waals surface area contributed by atoms with Gasteiger partial charge in [0.25, 0.3) is 0 Å². The van der Waals surface area contributed by atoms with Gasteiger partial charge in [0, 0.05) is 0 Å². The lowest BCUT2D eigenvalue weighted by atomic mass is 10.1. The van der Waals surface area contributed by atoms with Gasteiger partial charge >= 0.3 is 5.97 Å². The van der Waals surface area contributed by atoms with E-state index in [1.807, 2.05) is 44.2 Å². The summed E-state index contributed by atoms with van der Waals surface area (Å²) in [6.07, 6.45) is -0.307. The number of esters is 1. The van der Waals surface area contributed by atoms with Crippen molar-refractivity contribution in [1.82, 2.24) is 0 Å². The van der Waals surface area contributed by atoms with E-state index in [0.29, 0.717) is 11.1 Å². The lowest BCUT2D eigenvalue weighted by molar-refractivity contribution is 0.0338. The van der Waals surface area contributed by atoms with Crippen LogP contribution in [0.25, 0.3) is 0 Å². The van der Waals surface area contributed by atoms with Crippen LogP contribution in [0.3, 0.4) is 0 Å². The van der Waals surface area contributed by atoms with Crippen molar-refractivity contribution < 1.29 is 9.53 Å². The molecule has 3 heteroatoms. The van der Waals surface area contributed by atoms with Crippen LogP contribution in [-0.4, -0.2) is 5.97 Å². The van der Waals surface area contributed by atoms with Crippen molar-refractivity contribution in [2.75, 3.05) is 0 Å². The zero-order valence-electron chi connectivity index (χ0n) is 11.5. The molecule has 0 spiro atoms. The van der Waals surface area contributed by atoms with Gasteiger partial charge in [0.1, 0.15) is 6.10 Å². The van der Waals surface area contributed by atoms with E-state index >= 15 is 0 Å². The van der Waals surface area contributed by atoms with Gasteiger partial charge in [-0.15, -0.1) is 0 Å². The van der Waals surface area contributed by atoms with Crippen LogP contribution in [0.5, 0.6) is 0 Å². The van der Waals surface area contributed by atoms with Crippen molar-refractivity contribution in [3.8, 4) is 6.07 Å². The third kappa shape index (κ3) is 3.24. The molecule has 0 aromatic heterocycles. The van der Waals surface area contributed by atoms with E-state index in [1.54, 1.807) is 24.3 Å². The minimum atomic E-state index is -0.387.